The van der Waals surface area contributed by atoms with Gasteiger partial charge in [-0.3, -0.25) is 9.10 Å². The fraction of sp³-hybridized carbons (Fsp3) is 0.259. The number of rotatable bonds is 11. The van der Waals surface area contributed by atoms with E-state index in [2.05, 4.69) is 10.5 Å². The molecule has 1 fully saturated rings. The summed E-state index contributed by atoms with van der Waals surface area (Å²) in [6.07, 6.45) is 1.73. The van der Waals surface area contributed by atoms with E-state index in [-0.39, 0.29) is 22.4 Å². The molecule has 0 radical (unpaired) electrons. The molecule has 1 amide bonds. The molecule has 0 saturated carbocycles. The van der Waals surface area contributed by atoms with Gasteiger partial charge in [0.2, 0.25) is 0 Å². The molecule has 1 aliphatic heterocycles. The van der Waals surface area contributed by atoms with Gasteiger partial charge in [-0.25, -0.2) is 13.8 Å². The summed E-state index contributed by atoms with van der Waals surface area (Å²) in [5.41, 5.74) is 4.23. The Balaban J connectivity index is 1.53. The molecule has 200 valence electrons. The van der Waals surface area contributed by atoms with Gasteiger partial charge in [0, 0.05) is 17.6 Å². The van der Waals surface area contributed by atoms with Crippen LogP contribution in [-0.4, -0.2) is 58.9 Å². The molecule has 0 atom stereocenters. The van der Waals surface area contributed by atoms with Crippen molar-refractivity contribution >= 4 is 39.6 Å². The van der Waals surface area contributed by atoms with Crippen LogP contribution in [0.2, 0.25) is 0 Å². The number of sulfonamides is 1. The van der Waals surface area contributed by atoms with Crippen LogP contribution in [0.5, 0.6) is 17.2 Å². The lowest BCUT2D eigenvalue weighted by atomic mass is 10.2. The molecule has 0 unspecified atom stereocenters. The Bertz CT molecular complexity index is 1390. The molecule has 3 aromatic rings. The normalized spacial score (nSPS) is 13.6. The highest BCUT2D eigenvalue weighted by atomic mass is 32.2. The molecule has 9 nitrogen and oxygen atoms in total. The summed E-state index contributed by atoms with van der Waals surface area (Å²) in [5.74, 6) is 2.80. The molecule has 4 rings (SSSR count). The highest BCUT2D eigenvalue weighted by molar-refractivity contribution is 8.00. The maximum Gasteiger partial charge on any atom is 0.264 e. The first-order chi connectivity index (χ1) is 18.3. The van der Waals surface area contributed by atoms with Crippen LogP contribution in [-0.2, 0) is 14.8 Å². The quantitative estimate of drug-likeness (QED) is 0.283. The van der Waals surface area contributed by atoms with Crippen molar-refractivity contribution in [3.05, 3.63) is 77.9 Å². The van der Waals surface area contributed by atoms with Crippen molar-refractivity contribution in [1.29, 1.82) is 0 Å². The number of amides is 1. The molecule has 3 aromatic carbocycles. The van der Waals surface area contributed by atoms with Crippen molar-refractivity contribution in [2.75, 3.05) is 36.6 Å². The lowest BCUT2D eigenvalue weighted by molar-refractivity contribution is -0.119. The van der Waals surface area contributed by atoms with Crippen LogP contribution in [0.4, 0.5) is 5.69 Å². The zero-order valence-corrected chi connectivity index (χ0v) is 22.9. The molecule has 1 saturated heterocycles. The zero-order chi connectivity index (χ0) is 27.1. The average molecular weight is 556 g/mol. The number of hydrazone groups is 1. The van der Waals surface area contributed by atoms with E-state index in [4.69, 9.17) is 14.2 Å². The first kappa shape index (κ1) is 27.3. The molecular weight excluding hydrogens is 526 g/mol. The van der Waals surface area contributed by atoms with Crippen molar-refractivity contribution < 1.29 is 27.4 Å². The van der Waals surface area contributed by atoms with Gasteiger partial charge in [-0.15, -0.1) is 0 Å². The molecule has 11 heteroatoms. The Morgan fingerprint density at radius 1 is 1.03 bits per heavy atom. The van der Waals surface area contributed by atoms with Crippen molar-refractivity contribution in [3.8, 4) is 17.2 Å². The topological polar surface area (TPSA) is 107 Å². The van der Waals surface area contributed by atoms with Gasteiger partial charge in [0.1, 0.15) is 29.9 Å². The molecular formula is C27H29N3O6S2. The van der Waals surface area contributed by atoms with Crippen molar-refractivity contribution in [1.82, 2.24) is 5.43 Å². The van der Waals surface area contributed by atoms with Crippen molar-refractivity contribution in [3.63, 3.8) is 0 Å². The smallest absolute Gasteiger partial charge is 0.264 e. The van der Waals surface area contributed by atoms with Crippen LogP contribution in [0, 0.1) is 6.92 Å². The minimum Gasteiger partial charge on any atom is -0.497 e. The average Bonchev–Trinajstić information content (AvgIpc) is 2.90. The molecule has 0 spiro atoms. The van der Waals surface area contributed by atoms with Crippen molar-refractivity contribution in [2.45, 2.75) is 17.9 Å². The number of nitrogens with zero attached hydrogens (tertiary/aromatic N) is 2. The third kappa shape index (κ3) is 6.59. The molecule has 0 aliphatic carbocycles. The summed E-state index contributed by atoms with van der Waals surface area (Å²) in [4.78, 5) is 12.9. The van der Waals surface area contributed by atoms with Gasteiger partial charge in [0.05, 0.1) is 31.0 Å². The van der Waals surface area contributed by atoms with E-state index in [1.165, 1.54) is 38.6 Å². The number of ether oxygens (including phenoxy) is 3. The number of anilines is 1. The van der Waals surface area contributed by atoms with E-state index in [1.54, 1.807) is 24.3 Å². The predicted octanol–water partition coefficient (Wildman–Crippen LogP) is 3.85. The van der Waals surface area contributed by atoms with Gasteiger partial charge < -0.3 is 14.2 Å². The standard InChI is InChI=1S/C27H29N3O6S2/c1-19-4-11-24(12-5-19)38(32,33)30(25-14-22(34-2)10-13-26(25)35-3)16-27(31)29-28-15-20-6-8-21(9-7-20)36-23-17-37-18-23/h4-15,23H,16-18H2,1-3H3,(H,29,31)/b28-15-. The predicted molar refractivity (Wildman–Crippen MR) is 149 cm³/mol. The number of methoxy groups -OCH3 is 2. The van der Waals surface area contributed by atoms with Gasteiger partial charge in [-0.1, -0.05) is 17.7 Å². The maximum absolute atomic E-state index is 13.7. The minimum absolute atomic E-state index is 0.0343. The van der Waals surface area contributed by atoms with E-state index in [1.807, 2.05) is 43.0 Å². The highest BCUT2D eigenvalue weighted by Gasteiger charge is 2.30. The first-order valence-electron chi connectivity index (χ1n) is 11.8. The SMILES string of the molecule is COc1ccc(OC)c(N(CC(=O)N/N=C\c2ccc(OC3CSC3)cc2)S(=O)(=O)c2ccc(C)cc2)c1. The van der Waals surface area contributed by atoms with E-state index in [0.717, 1.165) is 32.7 Å². The van der Waals surface area contributed by atoms with Gasteiger partial charge >= 0.3 is 0 Å². The largest absolute Gasteiger partial charge is 0.497 e. The van der Waals surface area contributed by atoms with Gasteiger partial charge in [0.25, 0.3) is 15.9 Å². The summed E-state index contributed by atoms with van der Waals surface area (Å²) < 4.78 is 44.8. The second-order valence-corrected chi connectivity index (χ2v) is 11.4. The molecule has 0 aromatic heterocycles. The highest BCUT2D eigenvalue weighted by Crippen LogP contribution is 2.35. The Kier molecular flexibility index (Phi) is 8.80. The Hall–Kier alpha value is -3.70. The number of carbonyl (C=O) groups is 1. The Morgan fingerprint density at radius 3 is 2.32 bits per heavy atom. The molecule has 38 heavy (non-hydrogen) atoms. The molecule has 1 aliphatic rings. The maximum atomic E-state index is 13.7. The fourth-order valence-corrected chi connectivity index (χ4v) is 5.57. The van der Waals surface area contributed by atoms with Crippen LogP contribution in [0.15, 0.2) is 76.7 Å². The number of hydrogen-bond acceptors (Lipinski definition) is 8. The summed E-state index contributed by atoms with van der Waals surface area (Å²) in [5, 5.41) is 4.00. The van der Waals surface area contributed by atoms with Gasteiger partial charge in [-0.2, -0.15) is 16.9 Å². The number of nitrogens with one attached hydrogen (secondary N) is 1. The van der Waals surface area contributed by atoms with Crippen LogP contribution < -0.4 is 23.9 Å². The molecule has 1 N–H and O–H groups in total. The molecule has 0 bridgehead atoms. The second-order valence-electron chi connectivity index (χ2n) is 8.50. The fourth-order valence-electron chi connectivity index (χ4n) is 3.58. The van der Waals surface area contributed by atoms with E-state index in [9.17, 15) is 13.2 Å². The van der Waals surface area contributed by atoms with Crippen LogP contribution in [0.3, 0.4) is 0 Å². The van der Waals surface area contributed by atoms with E-state index in [0.29, 0.717) is 5.75 Å². The third-order valence-corrected chi connectivity index (χ3v) is 8.73. The Morgan fingerprint density at radius 2 is 1.71 bits per heavy atom. The minimum atomic E-state index is -4.14. The number of carbonyl (C=O) groups excluding carboxylic acids is 1. The third-order valence-electron chi connectivity index (χ3n) is 5.74. The summed E-state index contributed by atoms with van der Waals surface area (Å²) in [7, 11) is -1.25. The monoisotopic (exact) mass is 555 g/mol. The van der Waals surface area contributed by atoms with Crippen LogP contribution in [0.1, 0.15) is 11.1 Å². The lowest BCUT2D eigenvalue weighted by Crippen LogP contribution is -2.39. The number of benzene rings is 3. The second kappa shape index (κ2) is 12.2. The van der Waals surface area contributed by atoms with Crippen molar-refractivity contribution in [2.24, 2.45) is 5.10 Å². The lowest BCUT2D eigenvalue weighted by Gasteiger charge is -2.25. The summed E-state index contributed by atoms with van der Waals surface area (Å²) in [6, 6.07) is 18.5. The number of thioether (sulfide) groups is 1. The van der Waals surface area contributed by atoms with Gasteiger partial charge in [0.15, 0.2) is 0 Å². The van der Waals surface area contributed by atoms with Crippen LogP contribution in [0.25, 0.3) is 0 Å². The van der Waals surface area contributed by atoms with Crippen LogP contribution >= 0.6 is 11.8 Å². The summed E-state index contributed by atoms with van der Waals surface area (Å²) >= 11 is 1.85. The molecule has 1 heterocycles. The summed E-state index contributed by atoms with van der Waals surface area (Å²) in [6.45, 7) is 1.32. The van der Waals surface area contributed by atoms with Gasteiger partial charge in [-0.05, 0) is 61.0 Å². The number of hydrogen-bond donors (Lipinski definition) is 1. The van der Waals surface area contributed by atoms with E-state index < -0.39 is 22.5 Å². The number of aryl methyl sites for hydroxylation is 1. The van der Waals surface area contributed by atoms with E-state index >= 15 is 0 Å². The Labute approximate surface area is 226 Å². The zero-order valence-electron chi connectivity index (χ0n) is 21.3. The first-order valence-corrected chi connectivity index (χ1v) is 14.4.